The van der Waals surface area contributed by atoms with Crippen LogP contribution in [0.1, 0.15) is 0 Å². The van der Waals surface area contributed by atoms with Gasteiger partial charge in [0.1, 0.15) is 0 Å². The van der Waals surface area contributed by atoms with E-state index in [2.05, 4.69) is 24.7 Å². The van der Waals surface area contributed by atoms with Gasteiger partial charge < -0.3 is 15.5 Å². The van der Waals surface area contributed by atoms with Crippen LogP contribution in [-0.4, -0.2) is 45.9 Å². The second-order valence-electron chi connectivity index (χ2n) is 5.49. The molecule has 0 amide bonds. The normalized spacial score (nSPS) is 12.3. The quantitative estimate of drug-likeness (QED) is 0.222. The third-order valence-corrected chi connectivity index (χ3v) is 7.59. The Hall–Kier alpha value is -3.34. The van der Waals surface area contributed by atoms with E-state index in [1.165, 1.54) is 0 Å². The van der Waals surface area contributed by atoms with E-state index in [1.807, 2.05) is 0 Å². The molecule has 0 saturated heterocycles. The summed E-state index contributed by atoms with van der Waals surface area (Å²) in [7, 11) is -9.54. The minimum absolute atomic E-state index is 0.314. The molecule has 0 aliphatic heterocycles. The van der Waals surface area contributed by atoms with Gasteiger partial charge in [0.2, 0.25) is 10.3 Å². The number of aromatic nitrogens is 4. The molecule has 0 atom stereocenters. The van der Waals surface area contributed by atoms with E-state index in [4.69, 9.17) is 0 Å². The predicted octanol–water partition coefficient (Wildman–Crippen LogP) is 1.27. The summed E-state index contributed by atoms with van der Waals surface area (Å²) in [5, 5.41) is -1.31. The van der Waals surface area contributed by atoms with Crippen molar-refractivity contribution in [2.45, 2.75) is 10.3 Å². The molecule has 0 bridgehead atoms. The van der Waals surface area contributed by atoms with Crippen molar-refractivity contribution in [2.75, 3.05) is 0 Å². The van der Waals surface area contributed by atoms with Crippen molar-refractivity contribution in [1.29, 1.82) is 0 Å². The van der Waals surface area contributed by atoms with Gasteiger partial charge in [-0.15, -0.1) is 4.79 Å². The van der Waals surface area contributed by atoms with Gasteiger partial charge >= 0.3 is 24.1 Å². The molecular formula is C15H10N6O4S2. The summed E-state index contributed by atoms with van der Waals surface area (Å²) in [4.78, 5) is 15.3. The number of imidazole rings is 2. The fourth-order valence-corrected chi connectivity index (χ4v) is 5.63. The Balaban J connectivity index is 1.88. The topological polar surface area (TPSA) is 162 Å². The minimum atomic E-state index is -4.77. The number of para-hydroxylation sites is 4. The molecule has 2 aromatic heterocycles. The van der Waals surface area contributed by atoms with Gasteiger partial charge in [-0.05, 0) is 24.3 Å². The van der Waals surface area contributed by atoms with Gasteiger partial charge in [0.15, 0.2) is 0 Å². The van der Waals surface area contributed by atoms with Crippen LogP contribution in [0.15, 0.2) is 58.8 Å². The monoisotopic (exact) mass is 402 g/mol. The lowest BCUT2D eigenvalue weighted by atomic mass is 10.3. The summed E-state index contributed by atoms with van der Waals surface area (Å²) >= 11 is 0. The first-order chi connectivity index (χ1) is 12.8. The lowest BCUT2D eigenvalue weighted by molar-refractivity contribution is 0.00374. The van der Waals surface area contributed by atoms with Crippen molar-refractivity contribution in [3.05, 3.63) is 54.1 Å². The third kappa shape index (κ3) is 2.63. The molecule has 0 aliphatic carbocycles. The van der Waals surface area contributed by atoms with Gasteiger partial charge in [0, 0.05) is 0 Å². The van der Waals surface area contributed by atoms with Gasteiger partial charge in [-0.25, -0.2) is 26.8 Å². The van der Waals surface area contributed by atoms with E-state index < -0.39 is 34.4 Å². The molecule has 27 heavy (non-hydrogen) atoms. The zero-order valence-corrected chi connectivity index (χ0v) is 15.0. The molecule has 10 nitrogen and oxygen atoms in total. The van der Waals surface area contributed by atoms with Crippen molar-refractivity contribution < 1.29 is 21.6 Å². The van der Waals surface area contributed by atoms with Crippen LogP contribution in [0.5, 0.6) is 0 Å². The minimum Gasteiger partial charge on any atom is -0.359 e. The average Bonchev–Trinajstić information content (AvgIpc) is 3.26. The van der Waals surface area contributed by atoms with Crippen molar-refractivity contribution in [3.63, 3.8) is 0 Å². The molecule has 0 aliphatic rings. The van der Waals surface area contributed by atoms with Crippen LogP contribution in [0.25, 0.3) is 27.6 Å². The maximum Gasteiger partial charge on any atom is 0.510 e. The highest BCUT2D eigenvalue weighted by molar-refractivity contribution is 8.30. The van der Waals surface area contributed by atoms with Crippen LogP contribution in [0.4, 0.5) is 0 Å². The van der Waals surface area contributed by atoms with Crippen molar-refractivity contribution in [3.8, 4) is 0 Å². The largest absolute Gasteiger partial charge is 0.510 e. The molecule has 0 spiro atoms. The molecule has 2 N–H and O–H groups in total. The molecule has 12 heteroatoms. The second-order valence-corrected chi connectivity index (χ2v) is 9.31. The molecular weight excluding hydrogens is 392 g/mol. The van der Waals surface area contributed by atoms with Gasteiger partial charge in [-0.2, -0.15) is 0 Å². The fourth-order valence-electron chi connectivity index (χ4n) is 2.53. The number of H-pyrrole nitrogens is 2. The van der Waals surface area contributed by atoms with Gasteiger partial charge in [0.05, 0.1) is 22.1 Å². The first-order valence-electron chi connectivity index (χ1n) is 7.46. The number of nitrogens with one attached hydrogen (secondary N) is 2. The molecule has 2 aromatic carbocycles. The molecule has 0 radical (unpaired) electrons. The first-order valence-corrected chi connectivity index (χ1v) is 10.4. The number of rotatable bonds is 2. The van der Waals surface area contributed by atoms with E-state index in [9.17, 15) is 22.4 Å². The Morgan fingerprint density at radius 2 is 1.19 bits per heavy atom. The summed E-state index contributed by atoms with van der Waals surface area (Å²) < 4.78 is 49.6. The SMILES string of the molecule is [N-]=[N+]=C(S(=O)(=O)c1nc2ccccc2[nH]1)S(=O)(=O)c1nc2ccccc2[nH]1. The van der Waals surface area contributed by atoms with Crippen LogP contribution in [0, 0.1) is 0 Å². The molecule has 4 rings (SSSR count). The van der Waals surface area contributed by atoms with Gasteiger partial charge in [-0.1, -0.05) is 24.3 Å². The average molecular weight is 402 g/mol. The molecule has 2 heterocycles. The summed E-state index contributed by atoms with van der Waals surface area (Å²) in [6, 6.07) is 12.8. The number of hydrogen-bond donors (Lipinski definition) is 2. The molecule has 0 fully saturated rings. The lowest BCUT2D eigenvalue weighted by Gasteiger charge is -1.96. The molecule has 4 aromatic rings. The number of benzene rings is 2. The van der Waals surface area contributed by atoms with Crippen LogP contribution < -0.4 is 0 Å². The van der Waals surface area contributed by atoms with Crippen LogP contribution in [-0.2, 0) is 19.7 Å². The molecule has 136 valence electrons. The van der Waals surface area contributed by atoms with E-state index in [0.717, 1.165) is 0 Å². The van der Waals surface area contributed by atoms with Gasteiger partial charge in [0.25, 0.3) is 0 Å². The van der Waals surface area contributed by atoms with Crippen molar-refractivity contribution in [1.82, 2.24) is 19.9 Å². The number of nitrogens with zero attached hydrogens (tertiary/aromatic N) is 4. The van der Waals surface area contributed by atoms with E-state index in [0.29, 0.717) is 22.1 Å². The highest BCUT2D eigenvalue weighted by Crippen LogP contribution is 2.21. The van der Waals surface area contributed by atoms with Crippen LogP contribution in [0.2, 0.25) is 0 Å². The van der Waals surface area contributed by atoms with Crippen LogP contribution in [0.3, 0.4) is 0 Å². The summed E-state index contributed by atoms with van der Waals surface area (Å²) in [5.41, 5.74) is 10.6. The number of fused-ring (bicyclic) bond motifs is 2. The lowest BCUT2D eigenvalue weighted by Crippen LogP contribution is -2.27. The second kappa shape index (κ2) is 5.84. The zero-order chi connectivity index (χ0) is 19.2. The summed E-state index contributed by atoms with van der Waals surface area (Å²) in [6.45, 7) is 0. The predicted molar refractivity (Wildman–Crippen MR) is 95.2 cm³/mol. The smallest absolute Gasteiger partial charge is 0.359 e. The Labute approximate surface area is 152 Å². The highest BCUT2D eigenvalue weighted by Gasteiger charge is 2.47. The van der Waals surface area contributed by atoms with E-state index in [1.54, 1.807) is 48.5 Å². The number of aromatic amines is 2. The highest BCUT2D eigenvalue weighted by atomic mass is 32.3. The third-order valence-electron chi connectivity index (χ3n) is 3.79. The Kier molecular flexibility index (Phi) is 3.70. The van der Waals surface area contributed by atoms with E-state index in [-0.39, 0.29) is 0 Å². The Morgan fingerprint density at radius 3 is 1.56 bits per heavy atom. The molecule has 0 saturated carbocycles. The van der Waals surface area contributed by atoms with Crippen LogP contribution >= 0.6 is 0 Å². The number of sulfone groups is 2. The maximum absolute atomic E-state index is 12.8. The number of hydrogen-bond acceptors (Lipinski definition) is 6. The van der Waals surface area contributed by atoms with Gasteiger partial charge in [-0.3, -0.25) is 0 Å². The Bertz CT molecular complexity index is 1290. The molecule has 0 unspecified atom stereocenters. The van der Waals surface area contributed by atoms with Crippen molar-refractivity contribution >= 4 is 46.1 Å². The van der Waals surface area contributed by atoms with E-state index >= 15 is 0 Å². The summed E-state index contributed by atoms with van der Waals surface area (Å²) in [6.07, 6.45) is 0. The fraction of sp³-hybridized carbons (Fsp3) is 0. The Morgan fingerprint density at radius 1 is 0.778 bits per heavy atom. The summed E-state index contributed by atoms with van der Waals surface area (Å²) in [5.74, 6) is 0. The standard InChI is InChI=1S/C15H10N6O4S2/c16-21-15(26(22,23)13-17-9-5-1-2-6-10(9)18-13)27(24,25)14-19-11-7-3-4-8-12(11)20-14/h1-8H,(H,17,18)(H,19,20). The first kappa shape index (κ1) is 17.1. The van der Waals surface area contributed by atoms with Crippen molar-refractivity contribution in [2.24, 2.45) is 0 Å². The zero-order valence-electron chi connectivity index (χ0n) is 13.4. The maximum atomic E-state index is 12.8.